The quantitative estimate of drug-likeness (QED) is 0.684. The van der Waals surface area contributed by atoms with E-state index in [1.165, 1.54) is 0 Å². The Morgan fingerprint density at radius 3 is 2.25 bits per heavy atom. The minimum absolute atomic E-state index is 0.0751. The first-order valence-corrected chi connectivity index (χ1v) is 6.57. The van der Waals surface area contributed by atoms with Crippen molar-refractivity contribution in [2.24, 2.45) is 11.8 Å². The second kappa shape index (κ2) is 3.87. The third-order valence-corrected chi connectivity index (χ3v) is 6.53. The van der Waals surface area contributed by atoms with E-state index in [-0.39, 0.29) is 16.7 Å². The topological polar surface area (TPSA) is 37.3 Å². The number of carboxylic acids is 1. The minimum Gasteiger partial charge on any atom is -0.481 e. The van der Waals surface area contributed by atoms with Crippen LogP contribution in [0, 0.1) is 11.8 Å². The molecule has 3 atom stereocenters. The molecule has 2 nitrogen and oxygen atoms in total. The fourth-order valence-corrected chi connectivity index (χ4v) is 2.67. The molecule has 0 aliphatic heterocycles. The molecule has 0 spiro atoms. The molecule has 1 aliphatic rings. The van der Waals surface area contributed by atoms with E-state index in [0.717, 1.165) is 6.42 Å². The Morgan fingerprint density at radius 1 is 1.50 bits per heavy atom. The molecule has 1 N–H and O–H groups in total. The predicted octanol–water partition coefficient (Wildman–Crippen LogP) is 3.31. The first-order valence-electron chi connectivity index (χ1n) is 3.27. The van der Waals surface area contributed by atoms with Crippen LogP contribution in [0.5, 0.6) is 0 Å². The van der Waals surface area contributed by atoms with Gasteiger partial charge in [0.2, 0.25) is 0 Å². The lowest BCUT2D eigenvalue weighted by molar-refractivity contribution is -0.138. The van der Waals surface area contributed by atoms with Crippen LogP contribution in [0.3, 0.4) is 0 Å². The van der Waals surface area contributed by atoms with Gasteiger partial charge in [-0.15, -0.1) is 0 Å². The van der Waals surface area contributed by atoms with Gasteiger partial charge in [0, 0.05) is 0 Å². The number of hydrogen-bond acceptors (Lipinski definition) is 1. The lowest BCUT2D eigenvalue weighted by Gasteiger charge is -2.19. The number of carboxylic acid groups (broad SMARTS) is 1. The van der Waals surface area contributed by atoms with Gasteiger partial charge in [-0.05, 0) is 12.3 Å². The van der Waals surface area contributed by atoms with Crippen molar-refractivity contribution < 1.29 is 9.90 Å². The van der Waals surface area contributed by atoms with Crippen molar-refractivity contribution >= 4 is 69.7 Å². The zero-order chi connectivity index (χ0) is 9.52. The molecule has 0 aromatic rings. The first kappa shape index (κ1) is 11.5. The van der Waals surface area contributed by atoms with E-state index in [0.29, 0.717) is 0 Å². The first-order chi connectivity index (χ1) is 5.34. The summed E-state index contributed by atoms with van der Waals surface area (Å²) >= 11 is 13.5. The van der Waals surface area contributed by atoms with Crippen molar-refractivity contribution in [2.45, 2.75) is 13.4 Å². The highest BCUT2D eigenvalue weighted by atomic mass is 80.0. The maximum atomic E-state index is 10.5. The zero-order valence-corrected chi connectivity index (χ0v) is 12.2. The summed E-state index contributed by atoms with van der Waals surface area (Å²) in [5, 5.41) is 8.67. The van der Waals surface area contributed by atoms with Gasteiger partial charge in [0.25, 0.3) is 0 Å². The summed E-state index contributed by atoms with van der Waals surface area (Å²) in [6, 6.07) is 0. The SMILES string of the molecule is O=C(O)C1CC1C(Br)C(Br)(Br)Br. The van der Waals surface area contributed by atoms with Crippen molar-refractivity contribution in [3.63, 3.8) is 0 Å². The van der Waals surface area contributed by atoms with Crippen molar-refractivity contribution in [3.8, 4) is 0 Å². The average Bonchev–Trinajstić information content (AvgIpc) is 2.61. The fourth-order valence-electron chi connectivity index (χ4n) is 1.06. The van der Waals surface area contributed by atoms with E-state index in [2.05, 4.69) is 63.7 Å². The Hall–Kier alpha value is 1.39. The maximum Gasteiger partial charge on any atom is 0.306 e. The predicted molar refractivity (Wildman–Crippen MR) is 61.5 cm³/mol. The van der Waals surface area contributed by atoms with Gasteiger partial charge in [0.05, 0.1) is 10.7 Å². The molecular weight excluding hydrogens is 424 g/mol. The summed E-state index contributed by atoms with van der Waals surface area (Å²) in [7, 11) is 0. The molecule has 1 fully saturated rings. The highest BCUT2D eigenvalue weighted by Crippen LogP contribution is 2.54. The van der Waals surface area contributed by atoms with Crippen LogP contribution in [-0.2, 0) is 4.79 Å². The van der Waals surface area contributed by atoms with Crippen LogP contribution in [-0.4, -0.2) is 18.0 Å². The Labute approximate surface area is 104 Å². The second-order valence-corrected chi connectivity index (χ2v) is 10.7. The van der Waals surface area contributed by atoms with Crippen LogP contribution < -0.4 is 0 Å². The molecule has 6 heteroatoms. The van der Waals surface area contributed by atoms with Crippen LogP contribution in [0.4, 0.5) is 0 Å². The third-order valence-electron chi connectivity index (χ3n) is 1.85. The molecule has 1 rings (SSSR count). The van der Waals surface area contributed by atoms with Gasteiger partial charge in [-0.25, -0.2) is 0 Å². The van der Waals surface area contributed by atoms with E-state index < -0.39 is 8.11 Å². The standard InChI is InChI=1S/C6H6Br4O2/c7-4(6(8,9)10)2-1-3(2)5(11)12/h2-4H,1H2,(H,11,12). The second-order valence-electron chi connectivity index (χ2n) is 2.79. The number of hydrogen-bond donors (Lipinski definition) is 1. The Balaban J connectivity index is 2.49. The number of rotatable bonds is 2. The summed E-state index contributed by atoms with van der Waals surface area (Å²) in [5.74, 6) is -0.705. The highest BCUT2D eigenvalue weighted by molar-refractivity contribution is 9.40. The van der Waals surface area contributed by atoms with Crippen LogP contribution in [0.2, 0.25) is 0 Å². The van der Waals surface area contributed by atoms with Gasteiger partial charge in [-0.2, -0.15) is 0 Å². The zero-order valence-electron chi connectivity index (χ0n) is 5.81. The van der Waals surface area contributed by atoms with Crippen molar-refractivity contribution in [1.82, 2.24) is 0 Å². The van der Waals surface area contributed by atoms with Crippen molar-refractivity contribution in [1.29, 1.82) is 0 Å². The number of halogens is 4. The van der Waals surface area contributed by atoms with Crippen molar-refractivity contribution in [3.05, 3.63) is 0 Å². The van der Waals surface area contributed by atoms with Gasteiger partial charge in [0.15, 0.2) is 0 Å². The van der Waals surface area contributed by atoms with Gasteiger partial charge >= 0.3 is 5.97 Å². The molecule has 0 amide bonds. The molecule has 0 aromatic heterocycles. The summed E-state index contributed by atoms with van der Waals surface area (Å²) < 4.78 is -0.401. The molecular formula is C6H6Br4O2. The third kappa shape index (κ3) is 2.69. The summed E-state index contributed by atoms with van der Waals surface area (Å²) in [6.45, 7) is 0. The van der Waals surface area contributed by atoms with Gasteiger partial charge < -0.3 is 5.11 Å². The number of carbonyl (C=O) groups is 1. The average molecular weight is 430 g/mol. The summed E-state index contributed by atoms with van der Waals surface area (Å²) in [5.41, 5.74) is 0. The van der Waals surface area contributed by atoms with Gasteiger partial charge in [-0.1, -0.05) is 63.7 Å². The molecule has 0 radical (unpaired) electrons. The Morgan fingerprint density at radius 2 is 2.00 bits per heavy atom. The monoisotopic (exact) mass is 426 g/mol. The maximum absolute atomic E-state index is 10.5. The van der Waals surface area contributed by atoms with E-state index >= 15 is 0 Å². The van der Waals surface area contributed by atoms with Gasteiger partial charge in [0.1, 0.15) is 2.14 Å². The fraction of sp³-hybridized carbons (Fsp3) is 0.833. The molecule has 0 saturated heterocycles. The van der Waals surface area contributed by atoms with E-state index in [4.69, 9.17) is 5.11 Å². The van der Waals surface area contributed by atoms with E-state index in [9.17, 15) is 4.79 Å². The van der Waals surface area contributed by atoms with Crippen LogP contribution in [0.15, 0.2) is 0 Å². The van der Waals surface area contributed by atoms with Crippen molar-refractivity contribution in [2.75, 3.05) is 0 Å². The molecule has 3 unspecified atom stereocenters. The molecule has 0 aromatic carbocycles. The van der Waals surface area contributed by atoms with Gasteiger partial charge in [-0.3, -0.25) is 4.79 Å². The lowest BCUT2D eigenvalue weighted by Crippen LogP contribution is -2.21. The number of alkyl halides is 4. The lowest BCUT2D eigenvalue weighted by atomic mass is 10.2. The van der Waals surface area contributed by atoms with Crippen LogP contribution in [0.1, 0.15) is 6.42 Å². The van der Waals surface area contributed by atoms with E-state index in [1.807, 2.05) is 0 Å². The van der Waals surface area contributed by atoms with Crippen LogP contribution in [0.25, 0.3) is 0 Å². The molecule has 1 saturated carbocycles. The Kier molecular flexibility index (Phi) is 3.69. The summed E-state index contributed by atoms with van der Waals surface area (Å²) in [4.78, 5) is 10.6. The van der Waals surface area contributed by atoms with Crippen LogP contribution >= 0.6 is 63.7 Å². The molecule has 70 valence electrons. The molecule has 0 bridgehead atoms. The number of aliphatic carboxylic acids is 1. The normalized spacial score (nSPS) is 31.3. The minimum atomic E-state index is -0.707. The molecule has 1 aliphatic carbocycles. The summed E-state index contributed by atoms with van der Waals surface area (Å²) in [6.07, 6.45) is 0.746. The molecule has 0 heterocycles. The highest BCUT2D eigenvalue weighted by Gasteiger charge is 2.52. The largest absolute Gasteiger partial charge is 0.481 e. The van der Waals surface area contributed by atoms with E-state index in [1.54, 1.807) is 0 Å². The molecule has 12 heavy (non-hydrogen) atoms. The smallest absolute Gasteiger partial charge is 0.306 e. The Bertz CT molecular complexity index is 200.